The van der Waals surface area contributed by atoms with E-state index in [1.54, 1.807) is 13.0 Å². The van der Waals surface area contributed by atoms with Crippen molar-refractivity contribution >= 4 is 55.9 Å². The molecule has 0 unspecified atom stereocenters. The number of sulfonamides is 1. The van der Waals surface area contributed by atoms with Gasteiger partial charge in [-0.05, 0) is 42.8 Å². The topological polar surface area (TPSA) is 132 Å². The molecular weight excluding hydrogens is 467 g/mol. The number of aromatic amines is 2. The molecule has 1 amide bonds. The first-order valence-corrected chi connectivity index (χ1v) is 11.3. The monoisotopic (exact) mass is 484 g/mol. The number of aromatic nitrogens is 2. The number of fused-ring (bicyclic) bond motifs is 1. The third-order valence-electron chi connectivity index (χ3n) is 4.33. The number of carbonyl (C=O) groups is 1. The summed E-state index contributed by atoms with van der Waals surface area (Å²) in [5.74, 6) is -0.597. The number of rotatable bonds is 7. The van der Waals surface area contributed by atoms with Crippen LogP contribution in [0, 0.1) is 0 Å². The Morgan fingerprint density at radius 2 is 1.71 bits per heavy atom. The highest BCUT2D eigenvalue weighted by Gasteiger charge is 2.26. The van der Waals surface area contributed by atoms with E-state index in [2.05, 4.69) is 15.3 Å². The highest BCUT2D eigenvalue weighted by atomic mass is 35.5. The van der Waals surface area contributed by atoms with Gasteiger partial charge in [-0.3, -0.25) is 14.4 Å². The Bertz CT molecular complexity index is 1370. The molecule has 0 atom stereocenters. The fourth-order valence-electron chi connectivity index (χ4n) is 2.88. The van der Waals surface area contributed by atoms with Crippen LogP contribution in [0.4, 0.5) is 5.69 Å². The van der Waals surface area contributed by atoms with Gasteiger partial charge in [0.05, 0.1) is 33.2 Å². The summed E-state index contributed by atoms with van der Waals surface area (Å²) in [5, 5.41) is 3.18. The number of amides is 1. The first kappa shape index (κ1) is 23.0. The van der Waals surface area contributed by atoms with E-state index in [1.807, 2.05) is 0 Å². The predicted molar refractivity (Wildman–Crippen MR) is 119 cm³/mol. The maximum atomic E-state index is 13.2. The molecule has 3 rings (SSSR count). The first-order valence-electron chi connectivity index (χ1n) is 9.13. The molecule has 0 aliphatic rings. The summed E-state index contributed by atoms with van der Waals surface area (Å²) in [6.07, 6.45) is 0.460. The van der Waals surface area contributed by atoms with Crippen LogP contribution in [0.1, 0.15) is 13.3 Å². The summed E-state index contributed by atoms with van der Waals surface area (Å²) >= 11 is 12.0. The standard InChI is InChI=1S/C19H18Cl2N4O5S/c1-2-7-25(10-17(26)22-15-8-11(20)3-5-13(15)21)31(29,30)12-4-6-14-16(9-12)24-19(28)18(27)23-14/h3-6,8-9H,2,7,10H2,1H3,(H,22,26)(H,23,27)(H,24,28). The fraction of sp³-hybridized carbons (Fsp3) is 0.211. The third-order valence-corrected chi connectivity index (χ3v) is 6.73. The Kier molecular flexibility index (Phi) is 6.85. The van der Waals surface area contributed by atoms with Crippen molar-refractivity contribution in [2.75, 3.05) is 18.4 Å². The van der Waals surface area contributed by atoms with E-state index in [1.165, 1.54) is 30.3 Å². The van der Waals surface area contributed by atoms with E-state index in [4.69, 9.17) is 23.2 Å². The lowest BCUT2D eigenvalue weighted by Crippen LogP contribution is -2.38. The minimum absolute atomic E-state index is 0.0826. The minimum atomic E-state index is -4.08. The van der Waals surface area contributed by atoms with E-state index in [0.29, 0.717) is 11.4 Å². The highest BCUT2D eigenvalue weighted by Crippen LogP contribution is 2.26. The lowest BCUT2D eigenvalue weighted by Gasteiger charge is -2.21. The zero-order valence-electron chi connectivity index (χ0n) is 16.2. The van der Waals surface area contributed by atoms with Crippen LogP contribution in [0.2, 0.25) is 10.0 Å². The number of benzene rings is 2. The number of anilines is 1. The van der Waals surface area contributed by atoms with E-state index < -0.39 is 33.6 Å². The van der Waals surface area contributed by atoms with Gasteiger partial charge in [0.25, 0.3) is 0 Å². The summed E-state index contributed by atoms with van der Waals surface area (Å²) in [6, 6.07) is 8.43. The Morgan fingerprint density at radius 1 is 1.03 bits per heavy atom. The van der Waals surface area contributed by atoms with Gasteiger partial charge in [0.1, 0.15) is 0 Å². The number of nitrogens with one attached hydrogen (secondary N) is 3. The summed E-state index contributed by atoms with van der Waals surface area (Å²) < 4.78 is 27.3. The Balaban J connectivity index is 1.90. The van der Waals surface area contributed by atoms with Gasteiger partial charge >= 0.3 is 11.1 Å². The van der Waals surface area contributed by atoms with Crippen molar-refractivity contribution in [3.8, 4) is 0 Å². The highest BCUT2D eigenvalue weighted by molar-refractivity contribution is 7.89. The van der Waals surface area contributed by atoms with Gasteiger partial charge < -0.3 is 15.3 Å². The molecule has 2 aromatic carbocycles. The van der Waals surface area contributed by atoms with Crippen LogP contribution in [-0.4, -0.2) is 41.7 Å². The second-order valence-corrected chi connectivity index (χ2v) is 9.41. The van der Waals surface area contributed by atoms with Crippen molar-refractivity contribution in [1.82, 2.24) is 14.3 Å². The van der Waals surface area contributed by atoms with Crippen molar-refractivity contribution < 1.29 is 13.2 Å². The Morgan fingerprint density at radius 3 is 2.39 bits per heavy atom. The molecule has 0 saturated carbocycles. The molecule has 1 aromatic heterocycles. The van der Waals surface area contributed by atoms with E-state index in [9.17, 15) is 22.8 Å². The molecule has 0 fully saturated rings. The summed E-state index contributed by atoms with van der Waals surface area (Å²) in [5.41, 5.74) is -1.05. The van der Waals surface area contributed by atoms with Gasteiger partial charge in [-0.2, -0.15) is 4.31 Å². The summed E-state index contributed by atoms with van der Waals surface area (Å²) in [7, 11) is -4.08. The number of hydrogen-bond donors (Lipinski definition) is 3. The van der Waals surface area contributed by atoms with Crippen molar-refractivity contribution in [3.63, 3.8) is 0 Å². The molecule has 1 heterocycles. The van der Waals surface area contributed by atoms with Gasteiger partial charge in [-0.25, -0.2) is 8.42 Å². The summed E-state index contributed by atoms with van der Waals surface area (Å²) in [4.78, 5) is 40.1. The van der Waals surface area contributed by atoms with Crippen LogP contribution in [0.3, 0.4) is 0 Å². The molecular formula is C19H18Cl2N4O5S. The average molecular weight is 485 g/mol. The molecule has 9 nitrogen and oxygen atoms in total. The van der Waals surface area contributed by atoms with Crippen molar-refractivity contribution in [1.29, 1.82) is 0 Å². The van der Waals surface area contributed by atoms with Crippen molar-refractivity contribution in [2.24, 2.45) is 0 Å². The SMILES string of the molecule is CCCN(CC(=O)Nc1cc(Cl)ccc1Cl)S(=O)(=O)c1ccc2[nH]c(=O)c(=O)[nH]c2c1. The first-order chi connectivity index (χ1) is 14.6. The average Bonchev–Trinajstić information content (AvgIpc) is 2.71. The number of hydrogen-bond acceptors (Lipinski definition) is 5. The van der Waals surface area contributed by atoms with Crippen LogP contribution < -0.4 is 16.4 Å². The smallest absolute Gasteiger partial charge is 0.314 e. The van der Waals surface area contributed by atoms with E-state index >= 15 is 0 Å². The number of H-pyrrole nitrogens is 2. The second-order valence-electron chi connectivity index (χ2n) is 6.63. The van der Waals surface area contributed by atoms with Gasteiger partial charge in [0.15, 0.2) is 0 Å². The summed E-state index contributed by atoms with van der Waals surface area (Å²) in [6.45, 7) is 1.40. The van der Waals surface area contributed by atoms with Gasteiger partial charge in [0.2, 0.25) is 15.9 Å². The maximum Gasteiger partial charge on any atom is 0.314 e. The van der Waals surface area contributed by atoms with Crippen LogP contribution in [0.15, 0.2) is 50.9 Å². The van der Waals surface area contributed by atoms with Crippen molar-refractivity contribution in [3.05, 3.63) is 67.2 Å². The minimum Gasteiger partial charge on any atom is -0.324 e. The van der Waals surface area contributed by atoms with Crippen LogP contribution in [0.5, 0.6) is 0 Å². The van der Waals surface area contributed by atoms with Crippen molar-refractivity contribution in [2.45, 2.75) is 18.2 Å². The molecule has 0 saturated heterocycles. The van der Waals surface area contributed by atoms with Crippen LogP contribution in [-0.2, 0) is 14.8 Å². The van der Waals surface area contributed by atoms with Gasteiger partial charge in [0, 0.05) is 11.6 Å². The molecule has 164 valence electrons. The number of halogens is 2. The molecule has 0 aliphatic carbocycles. The molecule has 0 radical (unpaired) electrons. The third kappa shape index (κ3) is 5.16. The molecule has 3 aromatic rings. The number of carbonyl (C=O) groups excluding carboxylic acids is 1. The Hall–Kier alpha value is -2.66. The van der Waals surface area contributed by atoms with Gasteiger partial charge in [-0.15, -0.1) is 0 Å². The van der Waals surface area contributed by atoms with Crippen LogP contribution >= 0.6 is 23.2 Å². The fourth-order valence-corrected chi connectivity index (χ4v) is 4.73. The van der Waals surface area contributed by atoms with Crippen LogP contribution in [0.25, 0.3) is 11.0 Å². The molecule has 0 bridgehead atoms. The zero-order chi connectivity index (χ0) is 22.8. The lowest BCUT2D eigenvalue weighted by atomic mass is 10.3. The Labute approximate surface area is 187 Å². The van der Waals surface area contributed by atoms with Gasteiger partial charge in [-0.1, -0.05) is 30.1 Å². The quantitative estimate of drug-likeness (QED) is 0.443. The lowest BCUT2D eigenvalue weighted by molar-refractivity contribution is -0.116. The molecule has 0 aliphatic heterocycles. The number of nitrogens with zero attached hydrogens (tertiary/aromatic N) is 1. The molecule has 31 heavy (non-hydrogen) atoms. The molecule has 12 heteroatoms. The maximum absolute atomic E-state index is 13.2. The normalized spacial score (nSPS) is 11.7. The van der Waals surface area contributed by atoms with E-state index in [-0.39, 0.29) is 33.2 Å². The second kappa shape index (κ2) is 9.23. The molecule has 0 spiro atoms. The predicted octanol–water partition coefficient (Wildman–Crippen LogP) is 2.56. The zero-order valence-corrected chi connectivity index (χ0v) is 18.6. The van der Waals surface area contributed by atoms with E-state index in [0.717, 1.165) is 4.31 Å². The molecule has 3 N–H and O–H groups in total. The largest absolute Gasteiger partial charge is 0.324 e.